The third-order valence-corrected chi connectivity index (χ3v) is 4.38. The van der Waals surface area contributed by atoms with Gasteiger partial charge in [0.25, 0.3) is 0 Å². The number of hydrogen-bond donors (Lipinski definition) is 0. The predicted molar refractivity (Wildman–Crippen MR) is 111 cm³/mol. The summed E-state index contributed by atoms with van der Waals surface area (Å²) in [4.78, 5) is 15.8. The Labute approximate surface area is 171 Å². The Balaban J connectivity index is 1.55. The van der Waals surface area contributed by atoms with E-state index in [1.165, 1.54) is 6.20 Å². The monoisotopic (exact) mass is 403 g/mol. The summed E-state index contributed by atoms with van der Waals surface area (Å²) in [5, 5.41) is 19.7. The van der Waals surface area contributed by atoms with Crippen LogP contribution in [0.3, 0.4) is 0 Å². The van der Waals surface area contributed by atoms with Crippen LogP contribution in [0.5, 0.6) is 11.5 Å². The normalized spacial score (nSPS) is 11.1. The average molecular weight is 403 g/mol. The van der Waals surface area contributed by atoms with Crippen LogP contribution in [0.25, 0.3) is 10.9 Å². The second-order valence-electron chi connectivity index (χ2n) is 6.31. The minimum Gasteiger partial charge on any atom is -0.496 e. The fourth-order valence-corrected chi connectivity index (χ4v) is 2.93. The van der Waals surface area contributed by atoms with Crippen LogP contribution in [0.2, 0.25) is 0 Å². The molecule has 9 heteroatoms. The molecule has 2 aromatic heterocycles. The van der Waals surface area contributed by atoms with Crippen LogP contribution in [0, 0.1) is 10.1 Å². The van der Waals surface area contributed by atoms with Gasteiger partial charge in [-0.25, -0.2) is 0 Å². The summed E-state index contributed by atoms with van der Waals surface area (Å²) in [6, 6.07) is 15.1. The molecule has 0 spiro atoms. The van der Waals surface area contributed by atoms with Crippen molar-refractivity contribution in [3.63, 3.8) is 0 Å². The maximum Gasteiger partial charge on any atom is 0.309 e. The zero-order chi connectivity index (χ0) is 20.9. The number of nitro groups is 1. The van der Waals surface area contributed by atoms with Gasteiger partial charge in [0.05, 0.1) is 18.2 Å². The molecule has 0 atom stereocenters. The molecule has 30 heavy (non-hydrogen) atoms. The smallest absolute Gasteiger partial charge is 0.309 e. The van der Waals surface area contributed by atoms with Crippen molar-refractivity contribution in [3.05, 3.63) is 88.4 Å². The number of pyridine rings is 1. The number of nitrogens with zero attached hydrogens (tertiary/aromatic N) is 5. The number of fused-ring (bicyclic) bond motifs is 1. The highest BCUT2D eigenvalue weighted by Gasteiger charge is 2.09. The lowest BCUT2D eigenvalue weighted by atomic mass is 10.1. The van der Waals surface area contributed by atoms with Gasteiger partial charge in [-0.05, 0) is 35.9 Å². The van der Waals surface area contributed by atoms with Crippen molar-refractivity contribution in [1.82, 2.24) is 14.9 Å². The zero-order valence-corrected chi connectivity index (χ0v) is 16.0. The van der Waals surface area contributed by atoms with Crippen LogP contribution in [0.15, 0.2) is 72.2 Å². The topological polar surface area (TPSA) is 105 Å². The van der Waals surface area contributed by atoms with Crippen molar-refractivity contribution < 1.29 is 14.4 Å². The molecule has 0 fully saturated rings. The molecular weight excluding hydrogens is 386 g/mol. The van der Waals surface area contributed by atoms with Gasteiger partial charge in [-0.2, -0.15) is 15.0 Å². The van der Waals surface area contributed by atoms with E-state index in [4.69, 9.17) is 9.47 Å². The molecule has 0 N–H and O–H groups in total. The number of rotatable bonds is 7. The van der Waals surface area contributed by atoms with Gasteiger partial charge < -0.3 is 9.47 Å². The molecule has 0 aliphatic heterocycles. The zero-order valence-electron chi connectivity index (χ0n) is 16.0. The van der Waals surface area contributed by atoms with Crippen molar-refractivity contribution in [2.45, 2.75) is 6.61 Å². The summed E-state index contributed by atoms with van der Waals surface area (Å²) < 4.78 is 11.5. The van der Waals surface area contributed by atoms with Gasteiger partial charge in [-0.15, -0.1) is 0 Å². The van der Waals surface area contributed by atoms with Gasteiger partial charge in [0.1, 0.15) is 36.0 Å². The molecule has 2 heterocycles. The summed E-state index contributed by atoms with van der Waals surface area (Å²) in [5.41, 5.74) is 2.25. The molecular formula is C21H17N5O4. The largest absolute Gasteiger partial charge is 0.496 e. The Bertz CT molecular complexity index is 1230. The van der Waals surface area contributed by atoms with Gasteiger partial charge in [-0.1, -0.05) is 18.2 Å². The lowest BCUT2D eigenvalue weighted by Gasteiger charge is -2.12. The number of aromatic nitrogens is 3. The van der Waals surface area contributed by atoms with Crippen LogP contribution >= 0.6 is 0 Å². The summed E-state index contributed by atoms with van der Waals surface area (Å²) in [5.74, 6) is 1.35. The molecule has 0 aliphatic carbocycles. The predicted octanol–water partition coefficient (Wildman–Crippen LogP) is 3.81. The summed E-state index contributed by atoms with van der Waals surface area (Å²) in [7, 11) is 1.59. The number of para-hydroxylation sites is 1. The number of hydrogen-bond acceptors (Lipinski definition) is 7. The molecule has 0 bridgehead atoms. The Hall–Kier alpha value is -4.27. The Morgan fingerprint density at radius 3 is 2.87 bits per heavy atom. The van der Waals surface area contributed by atoms with Crippen molar-refractivity contribution in [2.24, 2.45) is 5.10 Å². The molecule has 150 valence electrons. The van der Waals surface area contributed by atoms with Gasteiger partial charge in [0.2, 0.25) is 0 Å². The average Bonchev–Trinajstić information content (AvgIpc) is 3.26. The van der Waals surface area contributed by atoms with Gasteiger partial charge in [0, 0.05) is 17.1 Å². The minimum absolute atomic E-state index is 0.125. The molecule has 0 amide bonds. The first-order valence-electron chi connectivity index (χ1n) is 9.01. The van der Waals surface area contributed by atoms with E-state index in [2.05, 4.69) is 15.2 Å². The number of benzene rings is 2. The molecule has 0 saturated heterocycles. The molecule has 2 aromatic carbocycles. The van der Waals surface area contributed by atoms with Crippen LogP contribution in [-0.4, -0.2) is 33.1 Å². The summed E-state index contributed by atoms with van der Waals surface area (Å²) >= 11 is 0. The van der Waals surface area contributed by atoms with Gasteiger partial charge in [0.15, 0.2) is 0 Å². The van der Waals surface area contributed by atoms with Crippen molar-refractivity contribution in [3.8, 4) is 11.5 Å². The SMILES string of the molecule is COc1ccc(/C=N\n2cc([N+](=O)[O-])cn2)cc1COc1cccc2cccnc12. The molecule has 4 aromatic rings. The molecule has 0 saturated carbocycles. The van der Waals surface area contributed by atoms with Crippen LogP contribution in [-0.2, 0) is 6.61 Å². The quantitative estimate of drug-likeness (QED) is 0.264. The highest BCUT2D eigenvalue weighted by atomic mass is 16.6. The van der Waals surface area contributed by atoms with Crippen molar-refractivity contribution in [1.29, 1.82) is 0 Å². The standard InChI is InChI=1S/C21H17N5O4/c1-29-19-8-7-15(11-23-25-13-18(12-24-25)26(27)28)10-17(19)14-30-20-6-2-4-16-5-3-9-22-21(16)20/h2-13H,14H2,1H3/b23-11-. The van der Waals surface area contributed by atoms with Crippen molar-refractivity contribution in [2.75, 3.05) is 7.11 Å². The first-order chi connectivity index (χ1) is 14.6. The molecule has 9 nitrogen and oxygen atoms in total. The molecule has 0 radical (unpaired) electrons. The third kappa shape index (κ3) is 4.09. The van der Waals surface area contributed by atoms with E-state index in [1.807, 2.05) is 48.5 Å². The lowest BCUT2D eigenvalue weighted by Crippen LogP contribution is -2.01. The third-order valence-electron chi connectivity index (χ3n) is 4.38. The lowest BCUT2D eigenvalue weighted by molar-refractivity contribution is -0.385. The Morgan fingerprint density at radius 1 is 1.20 bits per heavy atom. The maximum absolute atomic E-state index is 10.7. The fourth-order valence-electron chi connectivity index (χ4n) is 2.93. The highest BCUT2D eigenvalue weighted by Crippen LogP contribution is 2.26. The van der Waals surface area contributed by atoms with Gasteiger partial charge >= 0.3 is 5.69 Å². The highest BCUT2D eigenvalue weighted by molar-refractivity contribution is 5.84. The fraction of sp³-hybridized carbons (Fsp3) is 0.0952. The number of methoxy groups -OCH3 is 1. The summed E-state index contributed by atoms with van der Waals surface area (Å²) in [6.07, 6.45) is 5.66. The van der Waals surface area contributed by atoms with E-state index in [0.717, 1.165) is 33.0 Å². The minimum atomic E-state index is -0.524. The maximum atomic E-state index is 10.7. The Morgan fingerprint density at radius 2 is 2.07 bits per heavy atom. The first-order valence-corrected chi connectivity index (χ1v) is 9.01. The van der Waals surface area contributed by atoms with Crippen molar-refractivity contribution >= 4 is 22.8 Å². The van der Waals surface area contributed by atoms with Crippen LogP contribution in [0.4, 0.5) is 5.69 Å². The van der Waals surface area contributed by atoms with Crippen LogP contribution in [0.1, 0.15) is 11.1 Å². The number of ether oxygens (including phenoxy) is 2. The van der Waals surface area contributed by atoms with E-state index in [1.54, 1.807) is 19.5 Å². The first kappa shape index (κ1) is 19.1. The van der Waals surface area contributed by atoms with E-state index in [0.29, 0.717) is 11.5 Å². The van der Waals surface area contributed by atoms with E-state index >= 15 is 0 Å². The molecule has 4 rings (SSSR count). The van der Waals surface area contributed by atoms with E-state index in [9.17, 15) is 10.1 Å². The van der Waals surface area contributed by atoms with Gasteiger partial charge in [-0.3, -0.25) is 15.1 Å². The van der Waals surface area contributed by atoms with E-state index in [-0.39, 0.29) is 12.3 Å². The second-order valence-corrected chi connectivity index (χ2v) is 6.31. The second kappa shape index (κ2) is 8.39. The summed E-state index contributed by atoms with van der Waals surface area (Å²) in [6.45, 7) is 0.272. The molecule has 0 aliphatic rings. The molecule has 0 unspecified atom stereocenters. The van der Waals surface area contributed by atoms with Crippen LogP contribution < -0.4 is 9.47 Å². The van der Waals surface area contributed by atoms with E-state index < -0.39 is 4.92 Å². The Kier molecular flexibility index (Phi) is 5.33.